The van der Waals surface area contributed by atoms with Gasteiger partial charge in [-0.2, -0.15) is 0 Å². The highest BCUT2D eigenvalue weighted by atomic mass is 16.1. The molecule has 22 heavy (non-hydrogen) atoms. The zero-order valence-corrected chi connectivity index (χ0v) is 11.6. The van der Waals surface area contributed by atoms with Crippen LogP contribution >= 0.6 is 0 Å². The Morgan fingerprint density at radius 3 is 1.77 bits per heavy atom. The van der Waals surface area contributed by atoms with Crippen LogP contribution in [0.15, 0.2) is 65.5 Å². The molecule has 6 heterocycles. The van der Waals surface area contributed by atoms with Crippen LogP contribution in [0, 0.1) is 0 Å². The molecule has 0 aliphatic carbocycles. The zero-order chi connectivity index (χ0) is 14.4. The molecule has 3 nitrogen and oxygen atoms in total. The summed E-state index contributed by atoms with van der Waals surface area (Å²) in [4.78, 5) is 13.1. The normalized spacial score (nSPS) is 12.7. The highest BCUT2D eigenvalue weighted by Crippen LogP contribution is 2.34. The molecule has 0 atom stereocenters. The van der Waals surface area contributed by atoms with Crippen molar-refractivity contribution >= 4 is 43.9 Å². The first-order valence-corrected chi connectivity index (χ1v) is 7.36. The van der Waals surface area contributed by atoms with Gasteiger partial charge in [-0.1, -0.05) is 12.1 Å². The third-order valence-electron chi connectivity index (χ3n) is 4.82. The van der Waals surface area contributed by atoms with Crippen LogP contribution in [0.4, 0.5) is 0 Å². The van der Waals surface area contributed by atoms with Gasteiger partial charge < -0.3 is 8.80 Å². The van der Waals surface area contributed by atoms with Crippen molar-refractivity contribution in [2.75, 3.05) is 0 Å². The summed E-state index contributed by atoms with van der Waals surface area (Å²) in [6.07, 6.45) is 0. The predicted octanol–water partition coefficient (Wildman–Crippen LogP) is 3.89. The molecule has 0 radical (unpaired) electrons. The maximum Gasteiger partial charge on any atom is 0.212 e. The topological polar surface area (TPSA) is 25.9 Å². The molecule has 0 aliphatic rings. The highest BCUT2D eigenvalue weighted by molar-refractivity contribution is 6.18. The molecule has 0 aromatic carbocycles. The number of rotatable bonds is 0. The molecule has 0 saturated heterocycles. The molecule has 0 unspecified atom stereocenters. The minimum absolute atomic E-state index is 0.116. The summed E-state index contributed by atoms with van der Waals surface area (Å²) < 4.78 is 4.26. The molecule has 3 heteroatoms. The largest absolute Gasteiger partial charge is 0.309 e. The summed E-state index contributed by atoms with van der Waals surface area (Å²) in [5.41, 5.74) is 6.28. The Kier molecular flexibility index (Phi) is 1.56. The number of nitrogens with zero attached hydrogens (tertiary/aromatic N) is 2. The molecule has 102 valence electrons. The number of hydrogen-bond donors (Lipinski definition) is 0. The minimum Gasteiger partial charge on any atom is -0.309 e. The van der Waals surface area contributed by atoms with Gasteiger partial charge in [-0.15, -0.1) is 0 Å². The van der Waals surface area contributed by atoms with E-state index in [0.29, 0.717) is 0 Å². The van der Waals surface area contributed by atoms with Gasteiger partial charge in [-0.05, 0) is 48.5 Å². The smallest absolute Gasteiger partial charge is 0.212 e. The number of fused-ring (bicyclic) bond motifs is 4. The Bertz CT molecular complexity index is 1390. The fourth-order valence-corrected chi connectivity index (χ4v) is 3.96. The number of hydrogen-bond acceptors (Lipinski definition) is 1. The lowest BCUT2D eigenvalue weighted by atomic mass is 10.1. The maximum atomic E-state index is 13.1. The lowest BCUT2D eigenvalue weighted by Crippen LogP contribution is -2.05. The molecule has 0 fully saturated rings. The summed E-state index contributed by atoms with van der Waals surface area (Å²) in [5, 5.41) is 1.89. The van der Waals surface area contributed by atoms with Gasteiger partial charge >= 0.3 is 0 Å². The van der Waals surface area contributed by atoms with Crippen LogP contribution in [-0.4, -0.2) is 8.80 Å². The van der Waals surface area contributed by atoms with E-state index in [1.165, 1.54) is 0 Å². The molecule has 0 amide bonds. The minimum atomic E-state index is 0.116. The van der Waals surface area contributed by atoms with Crippen molar-refractivity contribution in [2.45, 2.75) is 0 Å². The molecular formula is C19H10N2O. The van der Waals surface area contributed by atoms with Crippen LogP contribution in [0.2, 0.25) is 0 Å². The van der Waals surface area contributed by atoms with Crippen LogP contribution in [0.5, 0.6) is 0 Å². The SMILES string of the molecule is O=c1c2c(c3cccc4ccc1n43)c1cccc3ccc2n31. The Balaban J connectivity index is 2.17. The van der Waals surface area contributed by atoms with E-state index in [4.69, 9.17) is 0 Å². The van der Waals surface area contributed by atoms with Crippen molar-refractivity contribution in [2.24, 2.45) is 0 Å². The highest BCUT2D eigenvalue weighted by Gasteiger charge is 2.19. The quantitative estimate of drug-likeness (QED) is 0.415. The fourth-order valence-electron chi connectivity index (χ4n) is 3.96. The van der Waals surface area contributed by atoms with Gasteiger partial charge in [-0.25, -0.2) is 0 Å². The molecule has 0 aliphatic heterocycles. The second-order valence-corrected chi connectivity index (χ2v) is 5.86. The average Bonchev–Trinajstić information content (AvgIpc) is 3.23. The fraction of sp³-hybridized carbons (Fsp3) is 0. The first-order chi connectivity index (χ1) is 10.8. The van der Waals surface area contributed by atoms with Gasteiger partial charge in [0.15, 0.2) is 0 Å². The molecule has 6 aromatic rings. The van der Waals surface area contributed by atoms with E-state index in [0.717, 1.165) is 43.9 Å². The lowest BCUT2D eigenvalue weighted by molar-refractivity contribution is 1.32. The van der Waals surface area contributed by atoms with Crippen molar-refractivity contribution in [1.29, 1.82) is 0 Å². The van der Waals surface area contributed by atoms with Gasteiger partial charge in [0.25, 0.3) is 0 Å². The van der Waals surface area contributed by atoms with E-state index in [9.17, 15) is 4.79 Å². The van der Waals surface area contributed by atoms with Gasteiger partial charge in [0.05, 0.1) is 27.5 Å². The average molecular weight is 282 g/mol. The number of aromatic nitrogens is 2. The first-order valence-electron chi connectivity index (χ1n) is 7.36. The van der Waals surface area contributed by atoms with Crippen molar-refractivity contribution in [1.82, 2.24) is 8.80 Å². The lowest BCUT2D eigenvalue weighted by Gasteiger charge is -2.05. The summed E-state index contributed by atoms with van der Waals surface area (Å²) >= 11 is 0. The molecule has 0 saturated carbocycles. The van der Waals surface area contributed by atoms with E-state index in [-0.39, 0.29) is 5.43 Å². The predicted molar refractivity (Wildman–Crippen MR) is 89.5 cm³/mol. The van der Waals surface area contributed by atoms with Crippen molar-refractivity contribution in [3.63, 3.8) is 0 Å². The van der Waals surface area contributed by atoms with E-state index >= 15 is 0 Å². The molecule has 6 aromatic heterocycles. The molecule has 0 spiro atoms. The second kappa shape index (κ2) is 3.22. The molecule has 0 bridgehead atoms. The monoisotopic (exact) mass is 282 g/mol. The van der Waals surface area contributed by atoms with E-state index in [1.54, 1.807) is 0 Å². The summed E-state index contributed by atoms with van der Waals surface area (Å²) in [6.45, 7) is 0. The first kappa shape index (κ1) is 10.6. The van der Waals surface area contributed by atoms with Crippen LogP contribution in [0.1, 0.15) is 0 Å². The van der Waals surface area contributed by atoms with Gasteiger partial charge in [0.2, 0.25) is 5.43 Å². The van der Waals surface area contributed by atoms with Crippen LogP contribution < -0.4 is 5.43 Å². The van der Waals surface area contributed by atoms with E-state index < -0.39 is 0 Å². The Morgan fingerprint density at radius 2 is 1.09 bits per heavy atom. The Labute approximate surface area is 124 Å². The molecule has 6 rings (SSSR count). The summed E-state index contributed by atoms with van der Waals surface area (Å²) in [7, 11) is 0. The Hall–Kier alpha value is -3.07. The third-order valence-corrected chi connectivity index (χ3v) is 4.82. The summed E-state index contributed by atoms with van der Waals surface area (Å²) in [6, 6.07) is 20.5. The standard InChI is InChI=1S/C19H10N2O/c22-19-16-10-8-12-4-2-6-14(21(12)16)17-13-5-1-3-11-7-9-15(18(17)19)20(11)13/h1-10H. The van der Waals surface area contributed by atoms with Crippen LogP contribution in [-0.2, 0) is 0 Å². The molecular weight excluding hydrogens is 272 g/mol. The summed E-state index contributed by atoms with van der Waals surface area (Å²) in [5.74, 6) is 0. The van der Waals surface area contributed by atoms with Crippen LogP contribution in [0.25, 0.3) is 43.9 Å². The Morgan fingerprint density at radius 1 is 0.545 bits per heavy atom. The maximum absolute atomic E-state index is 13.1. The third kappa shape index (κ3) is 0.959. The van der Waals surface area contributed by atoms with Crippen molar-refractivity contribution < 1.29 is 0 Å². The van der Waals surface area contributed by atoms with Crippen LogP contribution in [0.3, 0.4) is 0 Å². The zero-order valence-electron chi connectivity index (χ0n) is 11.6. The van der Waals surface area contributed by atoms with Crippen molar-refractivity contribution in [3.05, 3.63) is 70.9 Å². The second-order valence-electron chi connectivity index (χ2n) is 5.86. The van der Waals surface area contributed by atoms with Gasteiger partial charge in [0.1, 0.15) is 0 Å². The van der Waals surface area contributed by atoms with Gasteiger partial charge in [-0.3, -0.25) is 4.79 Å². The van der Waals surface area contributed by atoms with Crippen molar-refractivity contribution in [3.8, 4) is 0 Å². The number of pyridine rings is 3. The van der Waals surface area contributed by atoms with Gasteiger partial charge in [0, 0.05) is 16.4 Å². The van der Waals surface area contributed by atoms with E-state index in [2.05, 4.69) is 51.3 Å². The van der Waals surface area contributed by atoms with E-state index in [1.807, 2.05) is 18.2 Å². The molecule has 0 N–H and O–H groups in total.